The molecule has 2 aromatic carbocycles. The molecule has 0 atom stereocenters. The molecule has 130 valence electrons. The number of amides is 1. The zero-order valence-corrected chi connectivity index (χ0v) is 14.3. The topological polar surface area (TPSA) is 32.3 Å². The van der Waals surface area contributed by atoms with Crippen LogP contribution in [0, 0.1) is 5.82 Å². The molecule has 0 unspecified atom stereocenters. The number of carbonyl (C=O) groups is 1. The largest absolute Gasteiger partial charge is 0.325 e. The standard InChI is InChI=1S/C21H23FN2O/c22-20-7-2-1-4-17(20)13-24(19-10-11-19)14-21(25)23-18-9-8-15-5-3-6-16(15)12-18/h1-2,4,7-9,12,19H,3,5-6,10-11,13-14H2,(H,23,25). The third-order valence-electron chi connectivity index (χ3n) is 5.12. The lowest BCUT2D eigenvalue weighted by Crippen LogP contribution is -2.34. The summed E-state index contributed by atoms with van der Waals surface area (Å²) < 4.78 is 13.9. The molecule has 0 bridgehead atoms. The Bertz CT molecular complexity index is 785. The van der Waals surface area contributed by atoms with Gasteiger partial charge in [0.05, 0.1) is 6.54 Å². The number of rotatable bonds is 6. The molecule has 3 nitrogen and oxygen atoms in total. The highest BCUT2D eigenvalue weighted by atomic mass is 19.1. The molecule has 0 saturated heterocycles. The van der Waals surface area contributed by atoms with Crippen molar-refractivity contribution < 1.29 is 9.18 Å². The average Bonchev–Trinajstić information content (AvgIpc) is 3.34. The molecule has 4 rings (SSSR count). The third-order valence-corrected chi connectivity index (χ3v) is 5.12. The third kappa shape index (κ3) is 3.90. The van der Waals surface area contributed by atoms with Crippen LogP contribution in [0.1, 0.15) is 36.0 Å². The van der Waals surface area contributed by atoms with Gasteiger partial charge in [-0.25, -0.2) is 4.39 Å². The van der Waals surface area contributed by atoms with Gasteiger partial charge in [-0.15, -0.1) is 0 Å². The second-order valence-corrected chi connectivity index (χ2v) is 7.11. The fourth-order valence-electron chi connectivity index (χ4n) is 3.63. The van der Waals surface area contributed by atoms with Gasteiger partial charge in [0.2, 0.25) is 5.91 Å². The first-order valence-electron chi connectivity index (χ1n) is 9.08. The zero-order chi connectivity index (χ0) is 17.2. The number of benzene rings is 2. The van der Waals surface area contributed by atoms with Crippen molar-refractivity contribution in [2.75, 3.05) is 11.9 Å². The van der Waals surface area contributed by atoms with Crippen molar-refractivity contribution >= 4 is 11.6 Å². The van der Waals surface area contributed by atoms with Crippen molar-refractivity contribution in [2.45, 2.75) is 44.7 Å². The van der Waals surface area contributed by atoms with Gasteiger partial charge in [0, 0.05) is 23.8 Å². The van der Waals surface area contributed by atoms with E-state index in [9.17, 15) is 9.18 Å². The highest BCUT2D eigenvalue weighted by molar-refractivity contribution is 5.92. The van der Waals surface area contributed by atoms with Crippen LogP contribution in [-0.4, -0.2) is 23.4 Å². The molecule has 0 aromatic heterocycles. The molecule has 1 N–H and O–H groups in total. The van der Waals surface area contributed by atoms with E-state index in [2.05, 4.69) is 22.3 Å². The summed E-state index contributed by atoms with van der Waals surface area (Å²) in [4.78, 5) is 14.6. The number of nitrogens with zero attached hydrogens (tertiary/aromatic N) is 1. The maximum absolute atomic E-state index is 13.9. The summed E-state index contributed by atoms with van der Waals surface area (Å²) in [5.74, 6) is -0.228. The molecule has 25 heavy (non-hydrogen) atoms. The summed E-state index contributed by atoms with van der Waals surface area (Å²) in [6, 6.07) is 13.4. The molecule has 1 fully saturated rings. The normalized spacial score (nSPS) is 16.1. The molecule has 2 aromatic rings. The molecule has 0 radical (unpaired) electrons. The van der Waals surface area contributed by atoms with Crippen molar-refractivity contribution in [3.05, 3.63) is 65.0 Å². The van der Waals surface area contributed by atoms with E-state index in [1.165, 1.54) is 23.6 Å². The van der Waals surface area contributed by atoms with Crippen LogP contribution in [0.5, 0.6) is 0 Å². The van der Waals surface area contributed by atoms with E-state index in [1.54, 1.807) is 12.1 Å². The number of hydrogen-bond donors (Lipinski definition) is 1. The highest BCUT2D eigenvalue weighted by Crippen LogP contribution is 2.29. The van der Waals surface area contributed by atoms with Crippen molar-refractivity contribution in [3.8, 4) is 0 Å². The second-order valence-electron chi connectivity index (χ2n) is 7.11. The van der Waals surface area contributed by atoms with E-state index in [0.29, 0.717) is 24.7 Å². The number of anilines is 1. The fourth-order valence-corrected chi connectivity index (χ4v) is 3.63. The molecule has 0 aliphatic heterocycles. The smallest absolute Gasteiger partial charge is 0.238 e. The summed E-state index contributed by atoms with van der Waals surface area (Å²) >= 11 is 0. The minimum absolute atomic E-state index is 0.0267. The second kappa shape index (κ2) is 6.96. The monoisotopic (exact) mass is 338 g/mol. The van der Waals surface area contributed by atoms with Crippen LogP contribution in [0.4, 0.5) is 10.1 Å². The van der Waals surface area contributed by atoms with Crippen LogP contribution in [-0.2, 0) is 24.2 Å². The lowest BCUT2D eigenvalue weighted by atomic mass is 10.1. The summed E-state index contributed by atoms with van der Waals surface area (Å²) in [5.41, 5.74) is 4.27. The molecule has 0 spiro atoms. The van der Waals surface area contributed by atoms with Gasteiger partial charge in [-0.1, -0.05) is 24.3 Å². The average molecular weight is 338 g/mol. The first kappa shape index (κ1) is 16.3. The summed E-state index contributed by atoms with van der Waals surface area (Å²) in [5, 5.41) is 3.01. The maximum atomic E-state index is 13.9. The minimum atomic E-state index is -0.202. The first-order valence-corrected chi connectivity index (χ1v) is 9.08. The molecule has 2 aliphatic carbocycles. The maximum Gasteiger partial charge on any atom is 0.238 e. The van der Waals surface area contributed by atoms with E-state index in [-0.39, 0.29) is 11.7 Å². The Morgan fingerprint density at radius 3 is 2.72 bits per heavy atom. The SMILES string of the molecule is O=C(CN(Cc1ccccc1F)C1CC1)Nc1ccc2c(c1)CCC2. The molecule has 1 saturated carbocycles. The van der Waals surface area contributed by atoms with Gasteiger partial charge in [-0.2, -0.15) is 0 Å². The lowest BCUT2D eigenvalue weighted by Gasteiger charge is -2.22. The first-order chi connectivity index (χ1) is 12.2. The molecule has 1 amide bonds. The van der Waals surface area contributed by atoms with Crippen LogP contribution in [0.3, 0.4) is 0 Å². The van der Waals surface area contributed by atoms with E-state index >= 15 is 0 Å². The van der Waals surface area contributed by atoms with Gasteiger partial charge in [0.1, 0.15) is 5.82 Å². The van der Waals surface area contributed by atoms with Gasteiger partial charge in [-0.05, 0) is 61.4 Å². The Morgan fingerprint density at radius 2 is 1.92 bits per heavy atom. The molecular formula is C21H23FN2O. The molecule has 0 heterocycles. The van der Waals surface area contributed by atoms with Crippen LogP contribution in [0.25, 0.3) is 0 Å². The van der Waals surface area contributed by atoms with Gasteiger partial charge in [-0.3, -0.25) is 9.69 Å². The van der Waals surface area contributed by atoms with Gasteiger partial charge in [0.25, 0.3) is 0 Å². The summed E-state index contributed by atoms with van der Waals surface area (Å²) in [7, 11) is 0. The zero-order valence-electron chi connectivity index (χ0n) is 14.3. The Morgan fingerprint density at radius 1 is 1.12 bits per heavy atom. The van der Waals surface area contributed by atoms with Crippen LogP contribution >= 0.6 is 0 Å². The van der Waals surface area contributed by atoms with Gasteiger partial charge in [0.15, 0.2) is 0 Å². The predicted molar refractivity (Wildman–Crippen MR) is 96.9 cm³/mol. The van der Waals surface area contributed by atoms with E-state index in [0.717, 1.165) is 31.4 Å². The van der Waals surface area contributed by atoms with E-state index in [4.69, 9.17) is 0 Å². The molecule has 2 aliphatic rings. The lowest BCUT2D eigenvalue weighted by molar-refractivity contribution is -0.117. The summed E-state index contributed by atoms with van der Waals surface area (Å²) in [6.45, 7) is 0.783. The van der Waals surface area contributed by atoms with Crippen LogP contribution in [0.15, 0.2) is 42.5 Å². The van der Waals surface area contributed by atoms with Crippen LogP contribution < -0.4 is 5.32 Å². The Hall–Kier alpha value is -2.20. The van der Waals surface area contributed by atoms with Crippen molar-refractivity contribution in [1.29, 1.82) is 0 Å². The Labute approximate surface area is 147 Å². The molecular weight excluding hydrogens is 315 g/mol. The quantitative estimate of drug-likeness (QED) is 0.866. The Balaban J connectivity index is 1.40. The fraction of sp³-hybridized carbons (Fsp3) is 0.381. The van der Waals surface area contributed by atoms with Gasteiger partial charge >= 0.3 is 0 Å². The Kier molecular flexibility index (Phi) is 4.53. The predicted octanol–water partition coefficient (Wildman–Crippen LogP) is 3.92. The van der Waals surface area contributed by atoms with E-state index < -0.39 is 0 Å². The number of fused-ring (bicyclic) bond motifs is 1. The van der Waals surface area contributed by atoms with Crippen molar-refractivity contribution in [3.63, 3.8) is 0 Å². The van der Waals surface area contributed by atoms with Crippen LogP contribution in [0.2, 0.25) is 0 Å². The number of hydrogen-bond acceptors (Lipinski definition) is 2. The molecule has 4 heteroatoms. The number of halogens is 1. The minimum Gasteiger partial charge on any atom is -0.325 e. The number of aryl methyl sites for hydroxylation is 2. The number of carbonyl (C=O) groups excluding carboxylic acids is 1. The summed E-state index contributed by atoms with van der Waals surface area (Å²) in [6.07, 6.45) is 5.61. The van der Waals surface area contributed by atoms with Crippen molar-refractivity contribution in [2.24, 2.45) is 0 Å². The van der Waals surface area contributed by atoms with E-state index in [1.807, 2.05) is 12.1 Å². The number of nitrogens with one attached hydrogen (secondary N) is 1. The van der Waals surface area contributed by atoms with Gasteiger partial charge < -0.3 is 5.32 Å². The van der Waals surface area contributed by atoms with Crippen molar-refractivity contribution in [1.82, 2.24) is 4.90 Å². The highest BCUT2D eigenvalue weighted by Gasteiger charge is 2.30.